The first kappa shape index (κ1) is 20.6. The standard InChI is InChI=1S/C19H27N5O3S/c1-4-13-21-16-15(18(26)24(3)19(27)23(16)2)17(22-13)28-11-14(25)20-10-12-8-6-5-7-9-12/h5-9,13,15-17,21-22H,4,10-11H2,1-3H3,(H,20,25). The molecule has 8 nitrogen and oxygen atoms in total. The van der Waals surface area contributed by atoms with Gasteiger partial charge in [0.15, 0.2) is 0 Å². The van der Waals surface area contributed by atoms with E-state index in [4.69, 9.17) is 0 Å². The zero-order valence-corrected chi connectivity index (χ0v) is 17.2. The predicted molar refractivity (Wildman–Crippen MR) is 108 cm³/mol. The number of carbonyl (C=O) groups excluding carboxylic acids is 3. The van der Waals surface area contributed by atoms with Crippen molar-refractivity contribution in [2.45, 2.75) is 37.6 Å². The minimum absolute atomic E-state index is 0.0300. The summed E-state index contributed by atoms with van der Waals surface area (Å²) in [6, 6.07) is 9.40. The van der Waals surface area contributed by atoms with Crippen LogP contribution in [0.5, 0.6) is 0 Å². The molecule has 9 heteroatoms. The maximum atomic E-state index is 12.8. The molecule has 2 aliphatic heterocycles. The Balaban J connectivity index is 1.63. The van der Waals surface area contributed by atoms with Gasteiger partial charge < -0.3 is 10.2 Å². The predicted octanol–water partition coefficient (Wildman–Crippen LogP) is 0.757. The Morgan fingerprint density at radius 1 is 1.18 bits per heavy atom. The summed E-state index contributed by atoms with van der Waals surface area (Å²) in [5, 5.41) is 9.39. The van der Waals surface area contributed by atoms with Crippen LogP contribution in [0.2, 0.25) is 0 Å². The van der Waals surface area contributed by atoms with Crippen molar-refractivity contribution in [1.29, 1.82) is 0 Å². The number of imide groups is 1. The van der Waals surface area contributed by atoms with Gasteiger partial charge in [-0.1, -0.05) is 37.3 Å². The highest BCUT2D eigenvalue weighted by Crippen LogP contribution is 2.31. The molecule has 3 rings (SSSR count). The van der Waals surface area contributed by atoms with Gasteiger partial charge in [0, 0.05) is 20.6 Å². The van der Waals surface area contributed by atoms with Gasteiger partial charge in [0.25, 0.3) is 0 Å². The average Bonchev–Trinajstić information content (AvgIpc) is 2.73. The fourth-order valence-electron chi connectivity index (χ4n) is 3.52. The van der Waals surface area contributed by atoms with Crippen molar-refractivity contribution in [3.8, 4) is 0 Å². The molecule has 0 saturated carbocycles. The van der Waals surface area contributed by atoms with E-state index in [1.165, 1.54) is 18.8 Å². The van der Waals surface area contributed by atoms with Crippen LogP contribution in [0.3, 0.4) is 0 Å². The number of nitrogens with one attached hydrogen (secondary N) is 3. The van der Waals surface area contributed by atoms with Crippen LogP contribution < -0.4 is 16.0 Å². The molecule has 0 radical (unpaired) electrons. The second kappa shape index (κ2) is 8.93. The highest BCUT2D eigenvalue weighted by molar-refractivity contribution is 8.00. The van der Waals surface area contributed by atoms with Gasteiger partial charge >= 0.3 is 6.03 Å². The number of urea groups is 1. The number of carbonyl (C=O) groups is 3. The monoisotopic (exact) mass is 405 g/mol. The number of benzene rings is 1. The van der Waals surface area contributed by atoms with E-state index in [2.05, 4.69) is 16.0 Å². The van der Waals surface area contributed by atoms with E-state index in [1.54, 1.807) is 11.9 Å². The molecule has 0 aromatic heterocycles. The number of thioether (sulfide) groups is 1. The number of hydrogen-bond acceptors (Lipinski definition) is 6. The van der Waals surface area contributed by atoms with E-state index in [0.29, 0.717) is 6.54 Å². The third kappa shape index (κ3) is 4.31. The zero-order valence-electron chi connectivity index (χ0n) is 16.3. The second-order valence-corrected chi connectivity index (χ2v) is 8.18. The summed E-state index contributed by atoms with van der Waals surface area (Å²) in [4.78, 5) is 40.1. The van der Waals surface area contributed by atoms with E-state index in [0.717, 1.165) is 16.9 Å². The van der Waals surface area contributed by atoms with Gasteiger partial charge in [-0.2, -0.15) is 0 Å². The van der Waals surface area contributed by atoms with Gasteiger partial charge in [-0.15, -0.1) is 11.8 Å². The Bertz CT molecular complexity index is 732. The molecule has 2 fully saturated rings. The van der Waals surface area contributed by atoms with Gasteiger partial charge in [-0.3, -0.25) is 25.1 Å². The largest absolute Gasteiger partial charge is 0.351 e. The summed E-state index contributed by atoms with van der Waals surface area (Å²) >= 11 is 1.41. The molecule has 4 unspecified atom stereocenters. The lowest BCUT2D eigenvalue weighted by Gasteiger charge is -2.50. The lowest BCUT2D eigenvalue weighted by atomic mass is 9.97. The number of fused-ring (bicyclic) bond motifs is 1. The fourth-order valence-corrected chi connectivity index (χ4v) is 4.68. The molecular weight excluding hydrogens is 378 g/mol. The fraction of sp³-hybridized carbons (Fsp3) is 0.526. The summed E-state index contributed by atoms with van der Waals surface area (Å²) in [5.41, 5.74) is 1.04. The molecule has 0 bridgehead atoms. The second-order valence-electron chi connectivity index (χ2n) is 7.05. The van der Waals surface area contributed by atoms with Gasteiger partial charge in [0.2, 0.25) is 11.8 Å². The van der Waals surface area contributed by atoms with Crippen molar-refractivity contribution in [2.75, 3.05) is 19.8 Å². The van der Waals surface area contributed by atoms with Crippen LogP contribution in [0.4, 0.5) is 4.79 Å². The van der Waals surface area contributed by atoms with Crippen molar-refractivity contribution in [3.05, 3.63) is 35.9 Å². The molecule has 4 atom stereocenters. The van der Waals surface area contributed by atoms with Crippen molar-refractivity contribution in [3.63, 3.8) is 0 Å². The molecule has 0 spiro atoms. The highest BCUT2D eigenvalue weighted by Gasteiger charge is 2.50. The lowest BCUT2D eigenvalue weighted by molar-refractivity contribution is -0.140. The number of nitrogens with zero attached hydrogens (tertiary/aromatic N) is 2. The Morgan fingerprint density at radius 3 is 2.57 bits per heavy atom. The summed E-state index contributed by atoms with van der Waals surface area (Å²) < 4.78 is 0. The Hall–Kier alpha value is -2.10. The summed E-state index contributed by atoms with van der Waals surface area (Å²) in [6.45, 7) is 2.50. The van der Waals surface area contributed by atoms with Crippen LogP contribution in [0.25, 0.3) is 0 Å². The third-order valence-corrected chi connectivity index (χ3v) is 6.38. The van der Waals surface area contributed by atoms with Crippen molar-refractivity contribution >= 4 is 29.6 Å². The summed E-state index contributed by atoms with van der Waals surface area (Å²) in [7, 11) is 3.19. The van der Waals surface area contributed by atoms with Gasteiger partial charge in [0.1, 0.15) is 0 Å². The summed E-state index contributed by atoms with van der Waals surface area (Å²) in [6.07, 6.45) is 0.386. The smallest absolute Gasteiger partial charge is 0.327 e. The SMILES string of the molecule is CCC1NC(SCC(=O)NCc2ccccc2)C2C(=O)N(C)C(=O)N(C)C2N1. The Labute approximate surface area is 169 Å². The van der Waals surface area contributed by atoms with Crippen LogP contribution in [-0.2, 0) is 16.1 Å². The molecule has 1 aromatic carbocycles. The van der Waals surface area contributed by atoms with Crippen LogP contribution in [0.15, 0.2) is 30.3 Å². The Morgan fingerprint density at radius 2 is 1.89 bits per heavy atom. The number of amides is 4. The zero-order chi connectivity index (χ0) is 20.3. The van der Waals surface area contributed by atoms with Gasteiger partial charge in [-0.05, 0) is 12.0 Å². The lowest BCUT2D eigenvalue weighted by Crippen LogP contribution is -2.74. The topological polar surface area (TPSA) is 93.8 Å². The normalized spacial score (nSPS) is 27.5. The van der Waals surface area contributed by atoms with E-state index < -0.39 is 5.92 Å². The van der Waals surface area contributed by atoms with Gasteiger partial charge in [-0.25, -0.2) is 4.79 Å². The van der Waals surface area contributed by atoms with Crippen molar-refractivity contribution in [2.24, 2.45) is 5.92 Å². The van der Waals surface area contributed by atoms with Crippen molar-refractivity contribution < 1.29 is 14.4 Å². The molecule has 4 amide bonds. The summed E-state index contributed by atoms with van der Waals surface area (Å²) in [5.74, 6) is -0.536. The van der Waals surface area contributed by atoms with E-state index >= 15 is 0 Å². The quantitative estimate of drug-likeness (QED) is 0.647. The van der Waals surface area contributed by atoms with E-state index in [9.17, 15) is 14.4 Å². The van der Waals surface area contributed by atoms with Crippen LogP contribution >= 0.6 is 11.8 Å². The van der Waals surface area contributed by atoms with Crippen molar-refractivity contribution in [1.82, 2.24) is 25.8 Å². The molecule has 2 saturated heterocycles. The minimum atomic E-state index is -0.456. The maximum absolute atomic E-state index is 12.8. The molecule has 152 valence electrons. The minimum Gasteiger partial charge on any atom is -0.351 e. The first-order valence-electron chi connectivity index (χ1n) is 9.41. The average molecular weight is 406 g/mol. The number of hydrogen-bond donors (Lipinski definition) is 3. The highest BCUT2D eigenvalue weighted by atomic mass is 32.2. The first-order valence-corrected chi connectivity index (χ1v) is 10.5. The molecular formula is C19H27N5O3S. The molecule has 2 heterocycles. The third-order valence-electron chi connectivity index (χ3n) is 5.16. The van der Waals surface area contributed by atoms with Crippen LogP contribution in [-0.4, -0.2) is 65.2 Å². The van der Waals surface area contributed by atoms with E-state index in [1.807, 2.05) is 37.3 Å². The molecule has 3 N–H and O–H groups in total. The molecule has 28 heavy (non-hydrogen) atoms. The molecule has 0 aliphatic carbocycles. The maximum Gasteiger partial charge on any atom is 0.327 e. The Kier molecular flexibility index (Phi) is 6.58. The van der Waals surface area contributed by atoms with Gasteiger partial charge in [0.05, 0.1) is 29.4 Å². The molecule has 2 aliphatic rings. The van der Waals surface area contributed by atoms with E-state index in [-0.39, 0.29) is 41.3 Å². The molecule has 1 aromatic rings. The van der Waals surface area contributed by atoms with Crippen LogP contribution in [0.1, 0.15) is 18.9 Å². The first-order chi connectivity index (χ1) is 13.4. The van der Waals surface area contributed by atoms with Crippen LogP contribution in [0, 0.1) is 5.92 Å². The number of rotatable bonds is 6.